The van der Waals surface area contributed by atoms with Crippen molar-refractivity contribution in [2.75, 3.05) is 27.2 Å². The third-order valence-corrected chi connectivity index (χ3v) is 1.89. The van der Waals surface area contributed by atoms with E-state index in [4.69, 9.17) is 0 Å². The fourth-order valence-corrected chi connectivity index (χ4v) is 0.997. The van der Waals surface area contributed by atoms with E-state index in [2.05, 4.69) is 16.0 Å². The predicted octanol–water partition coefficient (Wildman–Crippen LogP) is -0.906. The number of carbonyl (C=O) groups excluding carboxylic acids is 2. The van der Waals surface area contributed by atoms with Crippen LogP contribution >= 0.6 is 0 Å². The van der Waals surface area contributed by atoms with Crippen LogP contribution in [0.2, 0.25) is 0 Å². The fourth-order valence-electron chi connectivity index (χ4n) is 0.997. The molecule has 1 unspecified atom stereocenters. The summed E-state index contributed by atoms with van der Waals surface area (Å²) >= 11 is 0. The molecule has 1 atom stereocenters. The maximum atomic E-state index is 11.3. The number of hydrogen-bond donors (Lipinski definition) is 3. The molecular formula is C9H19N3O2. The largest absolute Gasteiger partial charge is 0.359 e. The molecule has 0 heterocycles. The topological polar surface area (TPSA) is 70.2 Å². The molecule has 0 aliphatic carbocycles. The van der Waals surface area contributed by atoms with Crippen LogP contribution in [-0.2, 0) is 9.59 Å². The second-order valence-corrected chi connectivity index (χ2v) is 3.17. The second kappa shape index (κ2) is 7.32. The molecule has 5 heteroatoms. The zero-order chi connectivity index (χ0) is 11.0. The molecule has 0 rings (SSSR count). The molecule has 82 valence electrons. The molecule has 0 aromatic carbocycles. The van der Waals surface area contributed by atoms with Crippen molar-refractivity contribution in [1.82, 2.24) is 16.0 Å². The first kappa shape index (κ1) is 12.9. The summed E-state index contributed by atoms with van der Waals surface area (Å²) in [4.78, 5) is 22.1. The predicted molar refractivity (Wildman–Crippen MR) is 54.8 cm³/mol. The quantitative estimate of drug-likeness (QED) is 0.521. The highest BCUT2D eigenvalue weighted by atomic mass is 16.2. The summed E-state index contributed by atoms with van der Waals surface area (Å²) in [5.41, 5.74) is 0. The van der Waals surface area contributed by atoms with Gasteiger partial charge in [-0.3, -0.25) is 9.59 Å². The van der Waals surface area contributed by atoms with Crippen LogP contribution in [0.5, 0.6) is 0 Å². The van der Waals surface area contributed by atoms with E-state index < -0.39 is 0 Å². The van der Waals surface area contributed by atoms with Crippen molar-refractivity contribution < 1.29 is 9.59 Å². The molecule has 0 spiro atoms. The highest BCUT2D eigenvalue weighted by Gasteiger charge is 2.10. The van der Waals surface area contributed by atoms with E-state index in [-0.39, 0.29) is 17.7 Å². The zero-order valence-electron chi connectivity index (χ0n) is 9.02. The Kier molecular flexibility index (Phi) is 6.74. The maximum Gasteiger partial charge on any atom is 0.224 e. The first-order valence-corrected chi connectivity index (χ1v) is 4.74. The molecule has 0 fully saturated rings. The van der Waals surface area contributed by atoms with Gasteiger partial charge in [-0.1, -0.05) is 6.92 Å². The Morgan fingerprint density at radius 1 is 1.29 bits per heavy atom. The van der Waals surface area contributed by atoms with Crippen molar-refractivity contribution in [1.29, 1.82) is 0 Å². The van der Waals surface area contributed by atoms with Gasteiger partial charge >= 0.3 is 0 Å². The van der Waals surface area contributed by atoms with Crippen LogP contribution in [0.3, 0.4) is 0 Å². The van der Waals surface area contributed by atoms with E-state index in [1.54, 1.807) is 14.1 Å². The van der Waals surface area contributed by atoms with Crippen molar-refractivity contribution in [3.63, 3.8) is 0 Å². The number of amides is 2. The third-order valence-electron chi connectivity index (χ3n) is 1.89. The summed E-state index contributed by atoms with van der Waals surface area (Å²) < 4.78 is 0. The summed E-state index contributed by atoms with van der Waals surface area (Å²) in [6.07, 6.45) is 0.328. The van der Waals surface area contributed by atoms with E-state index in [1.165, 1.54) is 0 Å². The van der Waals surface area contributed by atoms with Crippen LogP contribution in [0, 0.1) is 5.92 Å². The average Bonchev–Trinajstić information content (AvgIpc) is 2.17. The van der Waals surface area contributed by atoms with Gasteiger partial charge in [0.2, 0.25) is 11.8 Å². The third kappa shape index (κ3) is 5.53. The lowest BCUT2D eigenvalue weighted by molar-refractivity contribution is -0.124. The molecule has 0 saturated carbocycles. The molecule has 2 amide bonds. The van der Waals surface area contributed by atoms with Crippen LogP contribution in [-0.4, -0.2) is 39.0 Å². The monoisotopic (exact) mass is 201 g/mol. The minimum atomic E-state index is -0.0651. The van der Waals surface area contributed by atoms with Gasteiger partial charge in [0.15, 0.2) is 0 Å². The minimum Gasteiger partial charge on any atom is -0.359 e. The van der Waals surface area contributed by atoms with E-state index in [1.807, 2.05) is 6.92 Å². The molecule has 0 aromatic heterocycles. The lowest BCUT2D eigenvalue weighted by Gasteiger charge is -2.10. The lowest BCUT2D eigenvalue weighted by Crippen LogP contribution is -2.36. The van der Waals surface area contributed by atoms with Crippen LogP contribution in [0.1, 0.15) is 13.3 Å². The summed E-state index contributed by atoms with van der Waals surface area (Å²) in [5, 5.41) is 8.10. The molecule has 3 N–H and O–H groups in total. The highest BCUT2D eigenvalue weighted by molar-refractivity contribution is 5.80. The van der Waals surface area contributed by atoms with Gasteiger partial charge in [-0.2, -0.15) is 0 Å². The number of rotatable bonds is 6. The Labute approximate surface area is 84.6 Å². The number of nitrogens with one attached hydrogen (secondary N) is 3. The van der Waals surface area contributed by atoms with Crippen molar-refractivity contribution in [2.45, 2.75) is 13.3 Å². The first-order valence-electron chi connectivity index (χ1n) is 4.74. The molecule has 0 radical (unpaired) electrons. The number of carbonyl (C=O) groups is 2. The van der Waals surface area contributed by atoms with Gasteiger partial charge in [0, 0.05) is 32.5 Å². The Morgan fingerprint density at radius 2 is 1.93 bits per heavy atom. The maximum absolute atomic E-state index is 11.3. The van der Waals surface area contributed by atoms with E-state index in [0.29, 0.717) is 19.5 Å². The SMILES string of the molecule is CNCC(C)C(=O)NCCC(=O)NC. The van der Waals surface area contributed by atoms with Crippen molar-refractivity contribution >= 4 is 11.8 Å². The van der Waals surface area contributed by atoms with Gasteiger partial charge in [-0.05, 0) is 7.05 Å². The Bertz CT molecular complexity index is 194. The molecule has 0 saturated heterocycles. The molecule has 14 heavy (non-hydrogen) atoms. The van der Waals surface area contributed by atoms with Crippen molar-refractivity contribution in [3.8, 4) is 0 Å². The van der Waals surface area contributed by atoms with E-state index in [9.17, 15) is 9.59 Å². The minimum absolute atomic E-state index is 0.0248. The average molecular weight is 201 g/mol. The highest BCUT2D eigenvalue weighted by Crippen LogP contribution is 1.91. The van der Waals surface area contributed by atoms with E-state index >= 15 is 0 Å². The standard InChI is InChI=1S/C9H19N3O2/c1-7(6-10-2)9(14)12-5-4-8(13)11-3/h7,10H,4-6H2,1-3H3,(H,11,13)(H,12,14). The molecular weight excluding hydrogens is 182 g/mol. The zero-order valence-corrected chi connectivity index (χ0v) is 9.02. The molecule has 0 aliphatic heterocycles. The normalized spacial score (nSPS) is 11.9. The lowest BCUT2D eigenvalue weighted by atomic mass is 10.1. The number of hydrogen-bond acceptors (Lipinski definition) is 3. The van der Waals surface area contributed by atoms with Gasteiger partial charge in [0.25, 0.3) is 0 Å². The van der Waals surface area contributed by atoms with Gasteiger partial charge in [-0.25, -0.2) is 0 Å². The van der Waals surface area contributed by atoms with Gasteiger partial charge < -0.3 is 16.0 Å². The summed E-state index contributed by atoms with van der Waals surface area (Å²) in [5.74, 6) is -0.153. The smallest absolute Gasteiger partial charge is 0.224 e. The fraction of sp³-hybridized carbons (Fsp3) is 0.778. The molecule has 0 aliphatic rings. The molecule has 0 aromatic rings. The second-order valence-electron chi connectivity index (χ2n) is 3.17. The Balaban J connectivity index is 3.58. The summed E-state index contributed by atoms with van der Waals surface area (Å²) in [7, 11) is 3.38. The summed E-state index contributed by atoms with van der Waals surface area (Å²) in [6.45, 7) is 2.88. The van der Waals surface area contributed by atoms with Crippen LogP contribution < -0.4 is 16.0 Å². The summed E-state index contributed by atoms with van der Waals surface area (Å²) in [6, 6.07) is 0. The first-order chi connectivity index (χ1) is 6.61. The van der Waals surface area contributed by atoms with Crippen molar-refractivity contribution in [2.24, 2.45) is 5.92 Å². The molecule has 0 bridgehead atoms. The van der Waals surface area contributed by atoms with E-state index in [0.717, 1.165) is 0 Å². The van der Waals surface area contributed by atoms with Crippen LogP contribution in [0.25, 0.3) is 0 Å². The van der Waals surface area contributed by atoms with Crippen LogP contribution in [0.4, 0.5) is 0 Å². The van der Waals surface area contributed by atoms with Gasteiger partial charge in [0.1, 0.15) is 0 Å². The van der Waals surface area contributed by atoms with Crippen molar-refractivity contribution in [3.05, 3.63) is 0 Å². The van der Waals surface area contributed by atoms with Gasteiger partial charge in [-0.15, -0.1) is 0 Å². The Hall–Kier alpha value is -1.10. The van der Waals surface area contributed by atoms with Gasteiger partial charge in [0.05, 0.1) is 0 Å². The van der Waals surface area contributed by atoms with Crippen LogP contribution in [0.15, 0.2) is 0 Å². The molecule has 5 nitrogen and oxygen atoms in total. The Morgan fingerprint density at radius 3 is 2.43 bits per heavy atom.